The Labute approximate surface area is 354 Å². The number of halogens is 2. The van der Waals surface area contributed by atoms with Crippen molar-refractivity contribution in [2.24, 2.45) is 0 Å². The Kier molecular flexibility index (Phi) is 13.3. The van der Waals surface area contributed by atoms with Crippen molar-refractivity contribution in [3.8, 4) is 22.3 Å². The molecule has 6 aromatic rings. The van der Waals surface area contributed by atoms with Gasteiger partial charge in [0.2, 0.25) is 0 Å². The zero-order chi connectivity index (χ0) is 37.7. The minimum absolute atomic E-state index is 0. The van der Waals surface area contributed by atoms with Crippen LogP contribution in [0.5, 0.6) is 0 Å². The third kappa shape index (κ3) is 7.53. The number of hydrogen-bond acceptors (Lipinski definition) is 2. The van der Waals surface area contributed by atoms with Gasteiger partial charge < -0.3 is 24.8 Å². The SMILES string of the molecule is CCCc1c(C)cc2c(c1-c1ccccc1)C=C(c1ccc(C)o1)[CH]2[Zr+2]([CH]1C(c2ccc(C)o2)=Cc2c1cc(C)c(CCC)c2-c1ccccc1)=[Si](C)C.[Cl-].[Cl-]. The van der Waals surface area contributed by atoms with E-state index in [0.717, 1.165) is 48.7 Å². The van der Waals surface area contributed by atoms with Gasteiger partial charge >= 0.3 is 332 Å². The van der Waals surface area contributed by atoms with Crippen LogP contribution < -0.4 is 24.8 Å². The molecule has 2 atom stereocenters. The van der Waals surface area contributed by atoms with E-state index in [0.29, 0.717) is 7.25 Å². The van der Waals surface area contributed by atoms with Gasteiger partial charge in [0.05, 0.1) is 0 Å². The van der Waals surface area contributed by atoms with Gasteiger partial charge in [0, 0.05) is 0 Å². The quantitative estimate of drug-likeness (QED) is 0.130. The summed E-state index contributed by atoms with van der Waals surface area (Å²) in [4.78, 5) is 0. The van der Waals surface area contributed by atoms with Gasteiger partial charge in [0.15, 0.2) is 0 Å². The molecule has 0 saturated heterocycles. The fourth-order valence-corrected chi connectivity index (χ4v) is 29.2. The first-order valence-electron chi connectivity index (χ1n) is 19.9. The molecule has 0 amide bonds. The Bertz CT molecular complexity index is 2310. The summed E-state index contributed by atoms with van der Waals surface area (Å²) in [5.74, 6) is 4.03. The second kappa shape index (κ2) is 17.6. The number of aryl methyl sites for hydroxylation is 4. The van der Waals surface area contributed by atoms with Crippen LogP contribution in [0.15, 0.2) is 106 Å². The van der Waals surface area contributed by atoms with Crippen LogP contribution in [0.1, 0.15) is 101 Å². The van der Waals surface area contributed by atoms with Gasteiger partial charge in [-0.3, -0.25) is 0 Å². The standard InChI is InChI=1S/2C24H23O.C2H6Si.2ClH.Zr/c2*1-4-8-21-16(2)13-19-14-20(23-12-11-17(3)25-23)15-22(19)24(21)18-9-6-5-7-10-18;1-3-2;;;/h2*5-7,9-15H,4,8H2,1-3H3;1-2H3;2*1H;/q;;;;;+2/p-2. The maximum absolute atomic E-state index is 6.64. The minimum Gasteiger partial charge on any atom is -1.00 e. The minimum atomic E-state index is -2.69. The summed E-state index contributed by atoms with van der Waals surface area (Å²) in [5.41, 5.74) is 19.2. The maximum atomic E-state index is 6.64. The summed E-state index contributed by atoms with van der Waals surface area (Å²) < 4.78 is 14.0. The molecule has 4 aromatic carbocycles. The number of fused-ring (bicyclic) bond motifs is 2. The van der Waals surface area contributed by atoms with Gasteiger partial charge in [-0.2, -0.15) is 0 Å². The smallest absolute Gasteiger partial charge is 1.00 e. The fourth-order valence-electron chi connectivity index (χ4n) is 9.44. The van der Waals surface area contributed by atoms with Crippen LogP contribution in [0.2, 0.25) is 13.1 Å². The van der Waals surface area contributed by atoms with E-state index in [1.54, 1.807) is 0 Å². The van der Waals surface area contributed by atoms with Crippen molar-refractivity contribution in [1.82, 2.24) is 0 Å². The molecule has 2 nitrogen and oxygen atoms in total. The van der Waals surface area contributed by atoms with E-state index in [1.165, 1.54) is 77.9 Å². The summed E-state index contributed by atoms with van der Waals surface area (Å²) in [5, 5.41) is 0. The molecular weight excluding hydrogens is 823 g/mol. The topological polar surface area (TPSA) is 26.3 Å². The summed E-state index contributed by atoms with van der Waals surface area (Å²) in [6, 6.07) is 36.3. The summed E-state index contributed by atoms with van der Waals surface area (Å²) in [6.45, 7) is 18.8. The summed E-state index contributed by atoms with van der Waals surface area (Å²) >= 11 is -2.69. The molecule has 56 heavy (non-hydrogen) atoms. The Morgan fingerprint density at radius 1 is 0.554 bits per heavy atom. The van der Waals surface area contributed by atoms with Crippen LogP contribution in [0.25, 0.3) is 45.6 Å². The Morgan fingerprint density at radius 3 is 1.27 bits per heavy atom. The molecule has 0 radical (unpaired) electrons. The van der Waals surface area contributed by atoms with Crippen molar-refractivity contribution in [2.75, 3.05) is 0 Å². The summed E-state index contributed by atoms with van der Waals surface area (Å²) in [7, 11) is 0. The second-order valence-corrected chi connectivity index (χ2v) is 33.5. The largest absolute Gasteiger partial charge is 1.00 e. The van der Waals surface area contributed by atoms with Crippen molar-refractivity contribution in [3.63, 3.8) is 0 Å². The van der Waals surface area contributed by atoms with Gasteiger partial charge in [-0.25, -0.2) is 0 Å². The monoisotopic (exact) mass is 872 g/mol. The van der Waals surface area contributed by atoms with Crippen LogP contribution in [0.4, 0.5) is 0 Å². The summed E-state index contributed by atoms with van der Waals surface area (Å²) in [6.07, 6.45) is 9.50. The predicted octanol–water partition coefficient (Wildman–Crippen LogP) is 8.11. The Balaban J connectivity index is 0.00000266. The van der Waals surface area contributed by atoms with Crippen LogP contribution in [0.3, 0.4) is 0 Å². The zero-order valence-corrected chi connectivity index (χ0v) is 38.9. The first-order chi connectivity index (χ1) is 26.2. The van der Waals surface area contributed by atoms with Crippen LogP contribution in [0, 0.1) is 27.7 Å². The van der Waals surface area contributed by atoms with E-state index in [4.69, 9.17) is 8.83 Å². The first-order valence-corrected chi connectivity index (χ1v) is 28.9. The maximum Gasteiger partial charge on any atom is -1.00 e. The van der Waals surface area contributed by atoms with E-state index in [1.807, 2.05) is 0 Å². The van der Waals surface area contributed by atoms with Crippen molar-refractivity contribution in [3.05, 3.63) is 165 Å². The van der Waals surface area contributed by atoms with Crippen molar-refractivity contribution >= 4 is 28.7 Å². The van der Waals surface area contributed by atoms with E-state index < -0.39 is 25.8 Å². The molecule has 2 aliphatic carbocycles. The predicted molar refractivity (Wildman–Crippen MR) is 227 cm³/mol. The zero-order valence-electron chi connectivity index (χ0n) is 33.9. The van der Waals surface area contributed by atoms with E-state index in [-0.39, 0.29) is 24.8 Å². The number of benzene rings is 4. The molecule has 286 valence electrons. The number of furan rings is 2. The van der Waals surface area contributed by atoms with E-state index in [9.17, 15) is 0 Å². The molecule has 0 bridgehead atoms. The molecule has 2 aromatic heterocycles. The van der Waals surface area contributed by atoms with Crippen molar-refractivity contribution in [2.45, 2.75) is 87.6 Å². The van der Waals surface area contributed by atoms with Crippen LogP contribution in [-0.2, 0) is 33.2 Å². The van der Waals surface area contributed by atoms with Crippen LogP contribution >= 0.6 is 0 Å². The Morgan fingerprint density at radius 2 is 0.946 bits per heavy atom. The molecule has 0 N–H and O–H groups in total. The fraction of sp³-hybridized carbons (Fsp3) is 0.280. The number of allylic oxidation sites excluding steroid dienone is 2. The molecule has 0 fully saturated rings. The molecule has 6 heteroatoms. The second-order valence-electron chi connectivity index (χ2n) is 15.7. The molecule has 2 unspecified atom stereocenters. The van der Waals surface area contributed by atoms with Gasteiger partial charge in [-0.1, -0.05) is 0 Å². The molecule has 8 rings (SSSR count). The normalized spacial score (nSPS) is 15.2. The van der Waals surface area contributed by atoms with Gasteiger partial charge in [-0.05, 0) is 0 Å². The van der Waals surface area contributed by atoms with Gasteiger partial charge in [-0.15, -0.1) is 0 Å². The molecule has 2 heterocycles. The van der Waals surface area contributed by atoms with Crippen molar-refractivity contribution < 1.29 is 54.0 Å². The van der Waals surface area contributed by atoms with Crippen molar-refractivity contribution in [1.29, 1.82) is 0 Å². The molecule has 0 aliphatic heterocycles. The molecular formula is C50H52Cl2O2SiZr. The average molecular weight is 875 g/mol. The van der Waals surface area contributed by atoms with Crippen LogP contribution in [-0.4, -0.2) is 5.43 Å². The Hall–Kier alpha value is -3.40. The first kappa shape index (κ1) is 42.2. The van der Waals surface area contributed by atoms with Gasteiger partial charge in [0.1, 0.15) is 0 Å². The van der Waals surface area contributed by atoms with E-state index >= 15 is 0 Å². The molecule has 2 aliphatic rings. The third-order valence-electron chi connectivity index (χ3n) is 11.7. The average Bonchev–Trinajstić information content (AvgIpc) is 3.96. The number of rotatable bonds is 10. The third-order valence-corrected chi connectivity index (χ3v) is 30.9. The van der Waals surface area contributed by atoms with Gasteiger partial charge in [0.25, 0.3) is 0 Å². The number of hydrogen-bond donors (Lipinski definition) is 0. The molecule has 0 saturated carbocycles. The van der Waals surface area contributed by atoms with E-state index in [2.05, 4.69) is 164 Å². The molecule has 0 spiro atoms.